The second-order valence-corrected chi connectivity index (χ2v) is 3.94. The van der Waals surface area contributed by atoms with Crippen molar-refractivity contribution in [3.8, 4) is 0 Å². The van der Waals surface area contributed by atoms with Crippen LogP contribution in [0.1, 0.15) is 13.3 Å². The van der Waals surface area contributed by atoms with Crippen molar-refractivity contribution in [2.75, 3.05) is 18.0 Å². The molecule has 2 N–H and O–H groups in total. The summed E-state index contributed by atoms with van der Waals surface area (Å²) in [5.41, 5.74) is 6.02. The van der Waals surface area contributed by atoms with E-state index in [2.05, 4.69) is 21.8 Å². The fourth-order valence-corrected chi connectivity index (χ4v) is 1.78. The summed E-state index contributed by atoms with van der Waals surface area (Å²) in [5, 5.41) is 0. The summed E-state index contributed by atoms with van der Waals surface area (Å²) in [6, 6.07) is 2.20. The van der Waals surface area contributed by atoms with Crippen LogP contribution < -0.4 is 10.6 Å². The highest BCUT2D eigenvalue weighted by molar-refractivity contribution is 5.37. The predicted molar refractivity (Wildman–Crippen MR) is 56.0 cm³/mol. The van der Waals surface area contributed by atoms with Crippen molar-refractivity contribution in [2.24, 2.45) is 11.7 Å². The first kappa shape index (κ1) is 9.40. The van der Waals surface area contributed by atoms with Crippen LogP contribution in [0.15, 0.2) is 18.6 Å². The first-order valence-corrected chi connectivity index (χ1v) is 5.04. The van der Waals surface area contributed by atoms with E-state index in [1.54, 1.807) is 12.5 Å². The van der Waals surface area contributed by atoms with Crippen LogP contribution in [0.3, 0.4) is 0 Å². The summed E-state index contributed by atoms with van der Waals surface area (Å²) < 4.78 is 0. The van der Waals surface area contributed by atoms with Crippen LogP contribution in [0.25, 0.3) is 0 Å². The zero-order valence-electron chi connectivity index (χ0n) is 8.43. The van der Waals surface area contributed by atoms with E-state index in [9.17, 15) is 0 Å². The molecule has 1 aliphatic rings. The van der Waals surface area contributed by atoms with E-state index in [1.165, 1.54) is 0 Å². The smallest absolute Gasteiger partial charge is 0.131 e. The summed E-state index contributed by atoms with van der Waals surface area (Å²) in [6.07, 6.45) is 4.50. The van der Waals surface area contributed by atoms with Gasteiger partial charge in [0.2, 0.25) is 0 Å². The standard InChI is InChI=1S/C10H16N4/c1-8-3-5-14(6-9(8)11)10-2-4-12-7-13-10/h2,4,7-9H,3,5-6,11H2,1H3. The molecule has 1 saturated heterocycles. The van der Waals surface area contributed by atoms with Crippen LogP contribution in [0.5, 0.6) is 0 Å². The molecule has 0 radical (unpaired) electrons. The Balaban J connectivity index is 2.07. The van der Waals surface area contributed by atoms with Gasteiger partial charge in [-0.2, -0.15) is 0 Å². The number of hydrogen-bond donors (Lipinski definition) is 1. The van der Waals surface area contributed by atoms with Crippen LogP contribution in [0.2, 0.25) is 0 Å². The molecule has 1 aromatic heterocycles. The van der Waals surface area contributed by atoms with Crippen LogP contribution >= 0.6 is 0 Å². The molecule has 2 atom stereocenters. The van der Waals surface area contributed by atoms with Gasteiger partial charge in [0, 0.05) is 25.3 Å². The molecular formula is C10H16N4. The predicted octanol–water partition coefficient (Wildman–Crippen LogP) is 0.650. The van der Waals surface area contributed by atoms with E-state index in [0.29, 0.717) is 5.92 Å². The third-order valence-electron chi connectivity index (χ3n) is 2.91. The van der Waals surface area contributed by atoms with Crippen LogP contribution in [-0.2, 0) is 0 Å². The average molecular weight is 192 g/mol. The monoisotopic (exact) mass is 192 g/mol. The van der Waals surface area contributed by atoms with E-state index in [1.807, 2.05) is 6.07 Å². The van der Waals surface area contributed by atoms with E-state index >= 15 is 0 Å². The number of rotatable bonds is 1. The molecule has 0 bridgehead atoms. The van der Waals surface area contributed by atoms with E-state index < -0.39 is 0 Å². The second-order valence-electron chi connectivity index (χ2n) is 3.94. The molecule has 76 valence electrons. The largest absolute Gasteiger partial charge is 0.355 e. The Morgan fingerprint density at radius 1 is 1.57 bits per heavy atom. The lowest BCUT2D eigenvalue weighted by molar-refractivity contribution is 0.378. The second kappa shape index (κ2) is 3.92. The van der Waals surface area contributed by atoms with Gasteiger partial charge in [0.15, 0.2) is 0 Å². The van der Waals surface area contributed by atoms with Crippen molar-refractivity contribution in [3.05, 3.63) is 18.6 Å². The SMILES string of the molecule is CC1CCN(c2ccncn2)CC1N. The van der Waals surface area contributed by atoms with E-state index in [0.717, 1.165) is 25.3 Å². The van der Waals surface area contributed by atoms with Crippen molar-refractivity contribution < 1.29 is 0 Å². The molecule has 4 nitrogen and oxygen atoms in total. The molecule has 0 aromatic carbocycles. The van der Waals surface area contributed by atoms with Crippen molar-refractivity contribution in [1.29, 1.82) is 0 Å². The van der Waals surface area contributed by atoms with Gasteiger partial charge >= 0.3 is 0 Å². The number of anilines is 1. The van der Waals surface area contributed by atoms with Gasteiger partial charge in [0.1, 0.15) is 12.1 Å². The Hall–Kier alpha value is -1.16. The van der Waals surface area contributed by atoms with Gasteiger partial charge in [-0.15, -0.1) is 0 Å². The molecule has 2 rings (SSSR count). The maximum absolute atomic E-state index is 6.02. The summed E-state index contributed by atoms with van der Waals surface area (Å²) in [7, 11) is 0. The van der Waals surface area contributed by atoms with Gasteiger partial charge in [-0.3, -0.25) is 0 Å². The molecule has 4 heteroatoms. The molecule has 1 fully saturated rings. The third kappa shape index (κ3) is 1.85. The maximum Gasteiger partial charge on any atom is 0.131 e. The topological polar surface area (TPSA) is 55.0 Å². The van der Waals surface area contributed by atoms with Crippen molar-refractivity contribution in [3.63, 3.8) is 0 Å². The first-order valence-electron chi connectivity index (χ1n) is 5.04. The Bertz CT molecular complexity index is 287. The molecule has 0 saturated carbocycles. The molecule has 2 unspecified atom stereocenters. The molecule has 0 spiro atoms. The molecule has 14 heavy (non-hydrogen) atoms. The molecular weight excluding hydrogens is 176 g/mol. The van der Waals surface area contributed by atoms with Gasteiger partial charge in [-0.25, -0.2) is 9.97 Å². The summed E-state index contributed by atoms with van der Waals surface area (Å²) >= 11 is 0. The molecule has 0 amide bonds. The van der Waals surface area contributed by atoms with Gasteiger partial charge in [-0.05, 0) is 18.4 Å². The Morgan fingerprint density at radius 2 is 2.43 bits per heavy atom. The lowest BCUT2D eigenvalue weighted by Crippen LogP contribution is -2.47. The van der Waals surface area contributed by atoms with Crippen molar-refractivity contribution in [2.45, 2.75) is 19.4 Å². The highest BCUT2D eigenvalue weighted by Crippen LogP contribution is 2.19. The normalized spacial score (nSPS) is 27.7. The van der Waals surface area contributed by atoms with Gasteiger partial charge in [-0.1, -0.05) is 6.92 Å². The van der Waals surface area contributed by atoms with Gasteiger partial charge in [0.25, 0.3) is 0 Å². The number of aromatic nitrogens is 2. The third-order valence-corrected chi connectivity index (χ3v) is 2.91. The number of nitrogens with zero attached hydrogens (tertiary/aromatic N) is 3. The molecule has 2 heterocycles. The molecule has 1 aromatic rings. The Morgan fingerprint density at radius 3 is 3.07 bits per heavy atom. The fourth-order valence-electron chi connectivity index (χ4n) is 1.78. The molecule has 1 aliphatic heterocycles. The van der Waals surface area contributed by atoms with E-state index in [4.69, 9.17) is 5.73 Å². The first-order chi connectivity index (χ1) is 6.77. The van der Waals surface area contributed by atoms with Crippen LogP contribution in [0, 0.1) is 5.92 Å². The molecule has 0 aliphatic carbocycles. The summed E-state index contributed by atoms with van der Waals surface area (Å²) in [4.78, 5) is 10.4. The lowest BCUT2D eigenvalue weighted by Gasteiger charge is -2.35. The quantitative estimate of drug-likeness (QED) is 0.710. The number of hydrogen-bond acceptors (Lipinski definition) is 4. The zero-order valence-corrected chi connectivity index (χ0v) is 8.43. The minimum Gasteiger partial charge on any atom is -0.355 e. The summed E-state index contributed by atoms with van der Waals surface area (Å²) in [6.45, 7) is 4.16. The number of piperidine rings is 1. The summed E-state index contributed by atoms with van der Waals surface area (Å²) in [5.74, 6) is 1.61. The average Bonchev–Trinajstić information content (AvgIpc) is 2.23. The Kier molecular flexibility index (Phi) is 2.63. The minimum atomic E-state index is 0.263. The van der Waals surface area contributed by atoms with Crippen molar-refractivity contribution in [1.82, 2.24) is 9.97 Å². The zero-order chi connectivity index (χ0) is 9.97. The van der Waals surface area contributed by atoms with Gasteiger partial charge < -0.3 is 10.6 Å². The fraction of sp³-hybridized carbons (Fsp3) is 0.600. The Labute approximate surface area is 84.2 Å². The minimum absolute atomic E-state index is 0.263. The highest BCUT2D eigenvalue weighted by atomic mass is 15.2. The maximum atomic E-state index is 6.02. The van der Waals surface area contributed by atoms with Crippen molar-refractivity contribution >= 4 is 5.82 Å². The van der Waals surface area contributed by atoms with Crippen LogP contribution in [0.4, 0.5) is 5.82 Å². The lowest BCUT2D eigenvalue weighted by atomic mass is 9.94. The van der Waals surface area contributed by atoms with Gasteiger partial charge in [0.05, 0.1) is 0 Å². The number of nitrogens with two attached hydrogens (primary N) is 1. The highest BCUT2D eigenvalue weighted by Gasteiger charge is 2.23. The van der Waals surface area contributed by atoms with Crippen LogP contribution in [-0.4, -0.2) is 29.1 Å². The van der Waals surface area contributed by atoms with E-state index in [-0.39, 0.29) is 6.04 Å².